The van der Waals surface area contributed by atoms with Crippen LogP contribution in [-0.4, -0.2) is 18.8 Å². The largest absolute Gasteiger partial charge is 0.495 e. The highest BCUT2D eigenvalue weighted by atomic mass is 16.5. The maximum Gasteiger partial charge on any atom is 0.245 e. The minimum Gasteiger partial charge on any atom is -0.495 e. The van der Waals surface area contributed by atoms with Crippen LogP contribution in [0.25, 0.3) is 0 Å². The van der Waals surface area contributed by atoms with Crippen molar-refractivity contribution in [2.24, 2.45) is 0 Å². The lowest BCUT2D eigenvalue weighted by Gasteiger charge is -2.24. The van der Waals surface area contributed by atoms with Gasteiger partial charge < -0.3 is 9.64 Å². The third-order valence-electron chi connectivity index (χ3n) is 4.74. The van der Waals surface area contributed by atoms with Gasteiger partial charge in [-0.1, -0.05) is 54.6 Å². The minimum atomic E-state index is -0.938. The molecular formula is C21H17NO3. The number of hydrogen-bond acceptors (Lipinski definition) is 3. The van der Waals surface area contributed by atoms with Crippen molar-refractivity contribution in [3.05, 3.63) is 84.0 Å². The summed E-state index contributed by atoms with van der Waals surface area (Å²) in [6, 6.07) is 15.5. The number of benzene rings is 2. The third kappa shape index (κ3) is 2.30. The molecule has 25 heavy (non-hydrogen) atoms. The second-order valence-corrected chi connectivity index (χ2v) is 6.17. The monoisotopic (exact) mass is 331 g/mol. The molecule has 0 saturated carbocycles. The number of rotatable bonds is 3. The molecule has 1 aliphatic carbocycles. The van der Waals surface area contributed by atoms with E-state index in [9.17, 15) is 9.59 Å². The minimum absolute atomic E-state index is 0.0733. The van der Waals surface area contributed by atoms with Gasteiger partial charge in [-0.25, -0.2) is 0 Å². The number of ether oxygens (including phenoxy) is 1. The number of ketones is 1. The van der Waals surface area contributed by atoms with Crippen molar-refractivity contribution in [1.82, 2.24) is 0 Å². The van der Waals surface area contributed by atoms with E-state index in [0.29, 0.717) is 12.3 Å². The van der Waals surface area contributed by atoms with Crippen LogP contribution in [0.15, 0.2) is 72.8 Å². The molecular weight excluding hydrogens is 314 g/mol. The standard InChI is InChI=1S/C21H17NO3/c1-25-18-9-5-8-17-19(18)22(14-15-6-3-2-4-7-15)20(24)21(17)12-10-16(23)11-13-21/h2-13H,14H2,1H3. The average Bonchev–Trinajstić information content (AvgIpc) is 2.88. The van der Waals surface area contributed by atoms with Crippen LogP contribution in [0.1, 0.15) is 11.1 Å². The highest BCUT2D eigenvalue weighted by Gasteiger charge is 2.49. The zero-order valence-electron chi connectivity index (χ0n) is 13.8. The van der Waals surface area contributed by atoms with Gasteiger partial charge in [0.2, 0.25) is 5.91 Å². The number of amides is 1. The first-order chi connectivity index (χ1) is 12.2. The topological polar surface area (TPSA) is 46.6 Å². The number of carbonyl (C=O) groups is 2. The van der Waals surface area contributed by atoms with Crippen LogP contribution in [0.3, 0.4) is 0 Å². The van der Waals surface area contributed by atoms with Crippen LogP contribution in [0.4, 0.5) is 5.69 Å². The number of hydrogen-bond donors (Lipinski definition) is 0. The van der Waals surface area contributed by atoms with E-state index in [1.54, 1.807) is 24.2 Å². The molecule has 0 fully saturated rings. The summed E-state index contributed by atoms with van der Waals surface area (Å²) in [6.45, 7) is 0.449. The van der Waals surface area contributed by atoms with Crippen LogP contribution in [0, 0.1) is 0 Å². The van der Waals surface area contributed by atoms with E-state index in [1.165, 1.54) is 12.2 Å². The van der Waals surface area contributed by atoms with Gasteiger partial charge in [-0.15, -0.1) is 0 Å². The molecule has 0 bridgehead atoms. The first-order valence-corrected chi connectivity index (χ1v) is 8.11. The number of anilines is 1. The molecule has 4 nitrogen and oxygen atoms in total. The fourth-order valence-corrected chi connectivity index (χ4v) is 3.52. The summed E-state index contributed by atoms with van der Waals surface area (Å²) in [4.78, 5) is 26.7. The maximum atomic E-state index is 13.4. The lowest BCUT2D eigenvalue weighted by atomic mass is 9.78. The number of allylic oxidation sites excluding steroid dienone is 2. The maximum absolute atomic E-state index is 13.4. The summed E-state index contributed by atoms with van der Waals surface area (Å²) in [6.07, 6.45) is 6.32. The van der Waals surface area contributed by atoms with Gasteiger partial charge in [-0.3, -0.25) is 9.59 Å². The second-order valence-electron chi connectivity index (χ2n) is 6.17. The van der Waals surface area contributed by atoms with Crippen molar-refractivity contribution < 1.29 is 14.3 Å². The molecule has 0 atom stereocenters. The third-order valence-corrected chi connectivity index (χ3v) is 4.74. The predicted molar refractivity (Wildman–Crippen MR) is 95.6 cm³/mol. The Balaban J connectivity index is 1.88. The van der Waals surface area contributed by atoms with Gasteiger partial charge >= 0.3 is 0 Å². The van der Waals surface area contributed by atoms with Gasteiger partial charge in [0.1, 0.15) is 11.2 Å². The van der Waals surface area contributed by atoms with E-state index in [1.807, 2.05) is 48.5 Å². The van der Waals surface area contributed by atoms with Crippen molar-refractivity contribution in [2.75, 3.05) is 12.0 Å². The van der Waals surface area contributed by atoms with Gasteiger partial charge in [0.25, 0.3) is 0 Å². The summed E-state index contributed by atoms with van der Waals surface area (Å²) in [5.41, 5.74) is 1.70. The quantitative estimate of drug-likeness (QED) is 0.868. The molecule has 1 amide bonds. The summed E-state index contributed by atoms with van der Waals surface area (Å²) in [5.74, 6) is 0.470. The highest BCUT2D eigenvalue weighted by molar-refractivity contribution is 6.15. The average molecular weight is 331 g/mol. The molecule has 1 aliphatic heterocycles. The molecule has 0 radical (unpaired) electrons. The number of para-hydroxylation sites is 1. The summed E-state index contributed by atoms with van der Waals surface area (Å²) < 4.78 is 5.52. The Morgan fingerprint density at radius 2 is 1.68 bits per heavy atom. The summed E-state index contributed by atoms with van der Waals surface area (Å²) in [7, 11) is 1.60. The van der Waals surface area contributed by atoms with Crippen LogP contribution in [0.2, 0.25) is 0 Å². The summed E-state index contributed by atoms with van der Waals surface area (Å²) in [5, 5.41) is 0. The number of fused-ring (bicyclic) bond motifs is 2. The molecule has 4 rings (SSSR count). The smallest absolute Gasteiger partial charge is 0.245 e. The van der Waals surface area contributed by atoms with Gasteiger partial charge in [0.05, 0.1) is 19.3 Å². The summed E-state index contributed by atoms with van der Waals surface area (Å²) >= 11 is 0. The highest BCUT2D eigenvalue weighted by Crippen LogP contribution is 2.49. The van der Waals surface area contributed by atoms with Crippen molar-refractivity contribution in [3.63, 3.8) is 0 Å². The molecule has 0 aromatic heterocycles. The van der Waals surface area contributed by atoms with E-state index >= 15 is 0 Å². The predicted octanol–water partition coefficient (Wildman–Crippen LogP) is 3.17. The van der Waals surface area contributed by atoms with Gasteiger partial charge in [-0.05, 0) is 23.8 Å². The Morgan fingerprint density at radius 3 is 2.36 bits per heavy atom. The van der Waals surface area contributed by atoms with E-state index in [4.69, 9.17) is 4.74 Å². The lowest BCUT2D eigenvalue weighted by molar-refractivity contribution is -0.120. The van der Waals surface area contributed by atoms with Crippen LogP contribution in [0.5, 0.6) is 5.75 Å². The van der Waals surface area contributed by atoms with Gasteiger partial charge in [-0.2, -0.15) is 0 Å². The molecule has 2 aliphatic rings. The Labute approximate surface area is 146 Å². The molecule has 1 heterocycles. The fourth-order valence-electron chi connectivity index (χ4n) is 3.52. The first-order valence-electron chi connectivity index (χ1n) is 8.11. The molecule has 2 aromatic carbocycles. The molecule has 0 unspecified atom stereocenters. The van der Waals surface area contributed by atoms with Crippen molar-refractivity contribution in [1.29, 1.82) is 0 Å². The molecule has 1 spiro atoms. The zero-order valence-corrected chi connectivity index (χ0v) is 13.8. The zero-order chi connectivity index (χ0) is 17.4. The van der Waals surface area contributed by atoms with Crippen LogP contribution >= 0.6 is 0 Å². The fraction of sp³-hybridized carbons (Fsp3) is 0.143. The normalized spacial score (nSPS) is 17.2. The Morgan fingerprint density at radius 1 is 0.960 bits per heavy atom. The van der Waals surface area contributed by atoms with E-state index in [-0.39, 0.29) is 11.7 Å². The lowest BCUT2D eigenvalue weighted by Crippen LogP contribution is -2.38. The first kappa shape index (κ1) is 15.4. The SMILES string of the molecule is COc1cccc2c1N(Cc1ccccc1)C(=O)C21C=CC(=O)C=C1. The van der Waals surface area contributed by atoms with E-state index in [2.05, 4.69) is 0 Å². The van der Waals surface area contributed by atoms with Crippen molar-refractivity contribution >= 4 is 17.4 Å². The van der Waals surface area contributed by atoms with Crippen molar-refractivity contribution in [3.8, 4) is 5.75 Å². The number of nitrogens with zero attached hydrogens (tertiary/aromatic N) is 1. The van der Waals surface area contributed by atoms with Gasteiger partial charge in [0.15, 0.2) is 5.78 Å². The van der Waals surface area contributed by atoms with Crippen LogP contribution < -0.4 is 9.64 Å². The van der Waals surface area contributed by atoms with Crippen molar-refractivity contribution in [2.45, 2.75) is 12.0 Å². The Bertz CT molecular complexity index is 896. The number of methoxy groups -OCH3 is 1. The molecule has 124 valence electrons. The van der Waals surface area contributed by atoms with E-state index < -0.39 is 5.41 Å². The number of carbonyl (C=O) groups excluding carboxylic acids is 2. The molecule has 4 heteroatoms. The van der Waals surface area contributed by atoms with Gasteiger partial charge in [0, 0.05) is 5.56 Å². The van der Waals surface area contributed by atoms with E-state index in [0.717, 1.165) is 16.8 Å². The Kier molecular flexibility index (Phi) is 3.53. The Hall–Kier alpha value is -3.14. The second kappa shape index (κ2) is 5.74. The van der Waals surface area contributed by atoms with Crippen LogP contribution in [-0.2, 0) is 21.5 Å². The molecule has 2 aromatic rings. The molecule has 0 saturated heterocycles. The molecule has 0 N–H and O–H groups in total.